The Labute approximate surface area is 114 Å². The SMILES string of the molecule is CNC(=O)C(C)NC(=O)c1cc(NN)ccc1[N+](=O)[O-]. The van der Waals surface area contributed by atoms with Gasteiger partial charge in [0.05, 0.1) is 4.92 Å². The van der Waals surface area contributed by atoms with Gasteiger partial charge >= 0.3 is 0 Å². The molecule has 2 amide bonds. The van der Waals surface area contributed by atoms with E-state index in [1.807, 2.05) is 0 Å². The van der Waals surface area contributed by atoms with Crippen molar-refractivity contribution < 1.29 is 14.5 Å². The summed E-state index contributed by atoms with van der Waals surface area (Å²) < 4.78 is 0. The van der Waals surface area contributed by atoms with Crippen LogP contribution in [0.2, 0.25) is 0 Å². The molecule has 9 nitrogen and oxygen atoms in total. The molecule has 1 atom stereocenters. The highest BCUT2D eigenvalue weighted by Gasteiger charge is 2.23. The first-order chi connectivity index (χ1) is 9.40. The summed E-state index contributed by atoms with van der Waals surface area (Å²) in [6.45, 7) is 1.47. The van der Waals surface area contributed by atoms with Crippen LogP contribution in [0.3, 0.4) is 0 Å². The van der Waals surface area contributed by atoms with Crippen LogP contribution in [0.1, 0.15) is 17.3 Å². The molecule has 0 saturated heterocycles. The monoisotopic (exact) mass is 281 g/mol. The van der Waals surface area contributed by atoms with Crippen LogP contribution < -0.4 is 21.9 Å². The van der Waals surface area contributed by atoms with Gasteiger partial charge in [0.2, 0.25) is 5.91 Å². The van der Waals surface area contributed by atoms with Crippen LogP contribution in [-0.4, -0.2) is 29.8 Å². The molecular weight excluding hydrogens is 266 g/mol. The molecule has 9 heteroatoms. The largest absolute Gasteiger partial charge is 0.357 e. The number of carbonyl (C=O) groups is 2. The van der Waals surface area contributed by atoms with E-state index < -0.39 is 22.8 Å². The first kappa shape index (κ1) is 15.4. The predicted molar refractivity (Wildman–Crippen MR) is 71.9 cm³/mol. The lowest BCUT2D eigenvalue weighted by Crippen LogP contribution is -2.43. The van der Waals surface area contributed by atoms with Gasteiger partial charge in [-0.15, -0.1) is 0 Å². The number of carbonyl (C=O) groups excluding carboxylic acids is 2. The van der Waals surface area contributed by atoms with E-state index in [4.69, 9.17) is 5.84 Å². The number of hydrogen-bond donors (Lipinski definition) is 4. The highest BCUT2D eigenvalue weighted by atomic mass is 16.6. The van der Waals surface area contributed by atoms with Crippen LogP contribution in [0.15, 0.2) is 18.2 Å². The van der Waals surface area contributed by atoms with Gasteiger partial charge in [0.1, 0.15) is 11.6 Å². The Balaban J connectivity index is 3.07. The van der Waals surface area contributed by atoms with Gasteiger partial charge in [-0.3, -0.25) is 25.5 Å². The molecule has 0 aliphatic carbocycles. The average Bonchev–Trinajstić information content (AvgIpc) is 2.45. The fraction of sp³-hybridized carbons (Fsp3) is 0.273. The minimum Gasteiger partial charge on any atom is -0.357 e. The van der Waals surface area contributed by atoms with Crippen LogP contribution >= 0.6 is 0 Å². The van der Waals surface area contributed by atoms with Crippen LogP contribution in [-0.2, 0) is 4.79 Å². The molecule has 0 radical (unpaired) electrons. The third kappa shape index (κ3) is 3.42. The number of likely N-dealkylation sites (N-methyl/N-ethyl adjacent to an activating group) is 1. The number of hydrazine groups is 1. The van der Waals surface area contributed by atoms with E-state index in [2.05, 4.69) is 16.1 Å². The van der Waals surface area contributed by atoms with Gasteiger partial charge in [0.15, 0.2) is 0 Å². The van der Waals surface area contributed by atoms with Gasteiger partial charge in [-0.25, -0.2) is 0 Å². The fourth-order valence-corrected chi connectivity index (χ4v) is 1.52. The van der Waals surface area contributed by atoms with Gasteiger partial charge in [-0.2, -0.15) is 0 Å². The molecule has 1 aromatic rings. The lowest BCUT2D eigenvalue weighted by molar-refractivity contribution is -0.385. The van der Waals surface area contributed by atoms with E-state index >= 15 is 0 Å². The second kappa shape index (κ2) is 6.48. The quantitative estimate of drug-likeness (QED) is 0.333. The number of hydrogen-bond acceptors (Lipinski definition) is 6. The number of anilines is 1. The van der Waals surface area contributed by atoms with Crippen molar-refractivity contribution in [1.29, 1.82) is 0 Å². The van der Waals surface area contributed by atoms with Crippen molar-refractivity contribution in [2.45, 2.75) is 13.0 Å². The van der Waals surface area contributed by atoms with E-state index in [0.717, 1.165) is 6.07 Å². The van der Waals surface area contributed by atoms with Gasteiger partial charge in [0, 0.05) is 18.8 Å². The van der Waals surface area contributed by atoms with E-state index in [1.54, 1.807) is 0 Å². The molecular formula is C11H15N5O4. The molecule has 1 rings (SSSR count). The maximum Gasteiger partial charge on any atom is 0.282 e. The van der Waals surface area contributed by atoms with Crippen molar-refractivity contribution in [2.24, 2.45) is 5.84 Å². The number of rotatable bonds is 5. The summed E-state index contributed by atoms with van der Waals surface area (Å²) in [5.41, 5.74) is 2.09. The number of nitro groups is 1. The van der Waals surface area contributed by atoms with Crippen molar-refractivity contribution in [2.75, 3.05) is 12.5 Å². The summed E-state index contributed by atoms with van der Waals surface area (Å²) >= 11 is 0. The zero-order valence-electron chi connectivity index (χ0n) is 11.0. The van der Waals surface area contributed by atoms with Crippen LogP contribution in [0, 0.1) is 10.1 Å². The first-order valence-corrected chi connectivity index (χ1v) is 5.68. The minimum absolute atomic E-state index is 0.179. The summed E-state index contributed by atoms with van der Waals surface area (Å²) in [7, 11) is 1.42. The molecule has 0 bridgehead atoms. The maximum atomic E-state index is 12.0. The molecule has 0 fully saturated rings. The van der Waals surface area contributed by atoms with Gasteiger partial charge < -0.3 is 16.1 Å². The molecule has 0 aliphatic heterocycles. The van der Waals surface area contributed by atoms with Crippen molar-refractivity contribution in [3.63, 3.8) is 0 Å². The zero-order chi connectivity index (χ0) is 15.3. The summed E-state index contributed by atoms with van der Waals surface area (Å²) in [5.74, 6) is 4.06. The Bertz CT molecular complexity index is 546. The highest BCUT2D eigenvalue weighted by Crippen LogP contribution is 2.22. The number of nitrogens with one attached hydrogen (secondary N) is 3. The van der Waals surface area contributed by atoms with E-state index in [0.29, 0.717) is 5.69 Å². The highest BCUT2D eigenvalue weighted by molar-refractivity contribution is 6.01. The molecule has 20 heavy (non-hydrogen) atoms. The van der Waals surface area contributed by atoms with Crippen molar-refractivity contribution in [3.05, 3.63) is 33.9 Å². The second-order valence-electron chi connectivity index (χ2n) is 3.94. The Morgan fingerprint density at radius 2 is 2.05 bits per heavy atom. The summed E-state index contributed by atoms with van der Waals surface area (Å²) in [5, 5.41) is 15.6. The second-order valence-corrected chi connectivity index (χ2v) is 3.94. The number of amides is 2. The Kier molecular flexibility index (Phi) is 4.98. The third-order valence-electron chi connectivity index (χ3n) is 2.59. The lowest BCUT2D eigenvalue weighted by Gasteiger charge is -2.12. The molecule has 1 aromatic carbocycles. The van der Waals surface area contributed by atoms with Crippen LogP contribution in [0.4, 0.5) is 11.4 Å². The standard InChI is InChI=1S/C11H15N5O4/c1-6(10(17)13-2)14-11(18)8-5-7(15-12)3-4-9(8)16(19)20/h3-6,15H,12H2,1-2H3,(H,13,17)(H,14,18). The maximum absolute atomic E-state index is 12.0. The number of nitrogens with two attached hydrogens (primary N) is 1. The number of nitrogen functional groups attached to an aromatic ring is 1. The van der Waals surface area contributed by atoms with E-state index in [1.165, 1.54) is 26.1 Å². The topological polar surface area (TPSA) is 139 Å². The predicted octanol–water partition coefficient (Wildman–Crippen LogP) is -0.255. The molecule has 0 spiro atoms. The third-order valence-corrected chi connectivity index (χ3v) is 2.59. The molecule has 108 valence electrons. The van der Waals surface area contributed by atoms with Crippen molar-refractivity contribution in [3.8, 4) is 0 Å². The molecule has 0 aromatic heterocycles. The molecule has 5 N–H and O–H groups in total. The summed E-state index contributed by atoms with van der Waals surface area (Å²) in [6.07, 6.45) is 0. The van der Waals surface area contributed by atoms with E-state index in [-0.39, 0.29) is 11.3 Å². The van der Waals surface area contributed by atoms with Crippen LogP contribution in [0.25, 0.3) is 0 Å². The fourth-order valence-electron chi connectivity index (χ4n) is 1.52. The van der Waals surface area contributed by atoms with Gasteiger partial charge in [-0.1, -0.05) is 0 Å². The van der Waals surface area contributed by atoms with E-state index in [9.17, 15) is 19.7 Å². The summed E-state index contributed by atoms with van der Waals surface area (Å²) in [4.78, 5) is 33.5. The minimum atomic E-state index is -0.818. The number of nitro benzene ring substituents is 1. The zero-order valence-corrected chi connectivity index (χ0v) is 11.0. The average molecular weight is 281 g/mol. The first-order valence-electron chi connectivity index (χ1n) is 5.68. The van der Waals surface area contributed by atoms with Gasteiger partial charge in [-0.05, 0) is 19.1 Å². The smallest absolute Gasteiger partial charge is 0.282 e. The Morgan fingerprint density at radius 3 is 2.55 bits per heavy atom. The van der Waals surface area contributed by atoms with Gasteiger partial charge in [0.25, 0.3) is 11.6 Å². The Hall–Kier alpha value is -2.68. The summed E-state index contributed by atoms with van der Waals surface area (Å²) in [6, 6.07) is 2.96. The lowest BCUT2D eigenvalue weighted by atomic mass is 10.1. The molecule has 0 aliphatic rings. The number of nitrogens with zero attached hydrogens (tertiary/aromatic N) is 1. The normalized spacial score (nSPS) is 11.3. The molecule has 1 unspecified atom stereocenters. The number of benzene rings is 1. The molecule has 0 heterocycles. The van der Waals surface area contributed by atoms with Crippen LogP contribution in [0.5, 0.6) is 0 Å². The molecule has 0 saturated carbocycles. The van der Waals surface area contributed by atoms with Crippen molar-refractivity contribution in [1.82, 2.24) is 10.6 Å². The van der Waals surface area contributed by atoms with Crippen molar-refractivity contribution >= 4 is 23.2 Å². The Morgan fingerprint density at radius 1 is 1.40 bits per heavy atom.